The van der Waals surface area contributed by atoms with Crippen LogP contribution in [0, 0.1) is 0 Å². The first-order valence-corrected chi connectivity index (χ1v) is 16.6. The molecule has 3 N–H and O–H groups in total. The van der Waals surface area contributed by atoms with E-state index in [1.807, 2.05) is 69.5 Å². The summed E-state index contributed by atoms with van der Waals surface area (Å²) in [5, 5.41) is 9.35. The quantitative estimate of drug-likeness (QED) is 0.146. The number of benzene rings is 3. The summed E-state index contributed by atoms with van der Waals surface area (Å²) in [6, 6.07) is 15.9. The van der Waals surface area contributed by atoms with E-state index in [2.05, 4.69) is 40.2 Å². The number of anilines is 1. The molecule has 0 spiro atoms. The number of hydrogen-bond donors (Lipinski definition) is 3. The number of pyridine rings is 1. The van der Waals surface area contributed by atoms with Gasteiger partial charge in [0.05, 0.1) is 23.9 Å². The van der Waals surface area contributed by atoms with Crippen LogP contribution in [0.3, 0.4) is 0 Å². The van der Waals surface area contributed by atoms with Crippen LogP contribution in [0.5, 0.6) is 11.5 Å². The predicted molar refractivity (Wildman–Crippen MR) is 192 cm³/mol. The number of nitrogens with zero attached hydrogens (tertiary/aromatic N) is 2. The molecule has 1 aliphatic carbocycles. The zero-order valence-electron chi connectivity index (χ0n) is 29.3. The normalized spacial score (nSPS) is 12.8. The largest absolute Gasteiger partial charge is 0.451 e. The smallest absolute Gasteiger partial charge is 0.407 e. The third-order valence-corrected chi connectivity index (χ3v) is 8.55. The van der Waals surface area contributed by atoms with E-state index in [1.54, 1.807) is 12.3 Å². The zero-order valence-corrected chi connectivity index (χ0v) is 29.3. The second-order valence-electron chi connectivity index (χ2n) is 13.5. The highest BCUT2D eigenvalue weighted by atomic mass is 19.1. The van der Waals surface area contributed by atoms with Gasteiger partial charge in [-0.15, -0.1) is 0 Å². The molecule has 10 nitrogen and oxygen atoms in total. The van der Waals surface area contributed by atoms with Crippen LogP contribution >= 0.6 is 0 Å². The molecule has 2 amide bonds. The molecule has 3 aromatic carbocycles. The molecule has 0 saturated heterocycles. The number of nitrogens with one attached hydrogen (secondary N) is 3. The van der Waals surface area contributed by atoms with E-state index in [4.69, 9.17) is 9.47 Å². The number of carbonyl (C=O) groups excluding carboxylic acids is 2. The Bertz CT molecular complexity index is 1930. The molecule has 1 atom stereocenters. The number of unbranched alkanes of at least 4 members (excludes halogenated alkanes) is 1. The van der Waals surface area contributed by atoms with Gasteiger partial charge in [0.1, 0.15) is 16.7 Å². The van der Waals surface area contributed by atoms with Gasteiger partial charge in [0.2, 0.25) is 5.43 Å². The van der Waals surface area contributed by atoms with Crippen LogP contribution in [-0.4, -0.2) is 69.1 Å². The van der Waals surface area contributed by atoms with Crippen molar-refractivity contribution in [2.75, 3.05) is 45.8 Å². The number of aromatic nitrogens is 1. The van der Waals surface area contributed by atoms with Gasteiger partial charge in [-0.05, 0) is 107 Å². The minimum Gasteiger partial charge on any atom is -0.451 e. The minimum absolute atomic E-state index is 0.0853. The van der Waals surface area contributed by atoms with Gasteiger partial charge in [-0.2, -0.15) is 0 Å². The van der Waals surface area contributed by atoms with E-state index in [9.17, 15) is 18.8 Å². The third kappa shape index (κ3) is 7.41. The molecule has 1 aliphatic heterocycles. The lowest BCUT2D eigenvalue weighted by molar-refractivity contribution is 0.0510. The molecule has 2 heterocycles. The van der Waals surface area contributed by atoms with E-state index in [-0.39, 0.29) is 17.0 Å². The summed E-state index contributed by atoms with van der Waals surface area (Å²) >= 11 is 0. The summed E-state index contributed by atoms with van der Waals surface area (Å²) in [7, 11) is 4.32. The van der Waals surface area contributed by atoms with E-state index in [0.29, 0.717) is 42.7 Å². The SMILES string of the molecule is CF.CNCCCCNC(=O)c1cn2c3c(c(N(C)CC(C)NC(=O)OC(C)(C)C)ccc3c1=O)Oc1cc3c(cc1-2)-c1ccccc1C3. The lowest BCUT2D eigenvalue weighted by atomic mass is 10.0. The summed E-state index contributed by atoms with van der Waals surface area (Å²) in [4.78, 5) is 41.7. The molecule has 0 bridgehead atoms. The predicted octanol–water partition coefficient (Wildman–Crippen LogP) is 6.33. The van der Waals surface area contributed by atoms with Crippen molar-refractivity contribution in [2.24, 2.45) is 0 Å². The highest BCUT2D eigenvalue weighted by Gasteiger charge is 2.30. The van der Waals surface area contributed by atoms with Crippen LogP contribution in [-0.2, 0) is 11.2 Å². The monoisotopic (exact) mass is 671 g/mol. The van der Waals surface area contributed by atoms with Gasteiger partial charge in [0.25, 0.3) is 5.91 Å². The average molecular weight is 672 g/mol. The first-order chi connectivity index (χ1) is 23.4. The zero-order chi connectivity index (χ0) is 35.5. The van der Waals surface area contributed by atoms with Gasteiger partial charge >= 0.3 is 6.09 Å². The number of alkyl halides is 1. The Hall–Kier alpha value is -4.90. The molecule has 0 saturated carbocycles. The highest BCUT2D eigenvalue weighted by molar-refractivity contribution is 6.01. The molecule has 6 rings (SSSR count). The molecule has 49 heavy (non-hydrogen) atoms. The van der Waals surface area contributed by atoms with Crippen LogP contribution in [0.2, 0.25) is 0 Å². The van der Waals surface area contributed by atoms with E-state index < -0.39 is 17.6 Å². The van der Waals surface area contributed by atoms with Crippen molar-refractivity contribution in [1.29, 1.82) is 0 Å². The van der Waals surface area contributed by atoms with Crippen LogP contribution < -0.4 is 31.0 Å². The number of carbonyl (C=O) groups is 2. The van der Waals surface area contributed by atoms with Gasteiger partial charge in [-0.3, -0.25) is 14.0 Å². The molecular formula is C38H46FN5O5. The number of amides is 2. The van der Waals surface area contributed by atoms with Gasteiger partial charge < -0.3 is 34.9 Å². The van der Waals surface area contributed by atoms with E-state index in [0.717, 1.165) is 48.3 Å². The number of fused-ring (bicyclic) bond motifs is 5. The van der Waals surface area contributed by atoms with Crippen molar-refractivity contribution < 1.29 is 23.5 Å². The van der Waals surface area contributed by atoms with Crippen molar-refractivity contribution in [2.45, 2.75) is 58.6 Å². The lowest BCUT2D eigenvalue weighted by Gasteiger charge is -2.31. The van der Waals surface area contributed by atoms with Crippen molar-refractivity contribution in [3.8, 4) is 28.3 Å². The Labute approximate surface area is 286 Å². The average Bonchev–Trinajstić information content (AvgIpc) is 3.42. The number of likely N-dealkylation sites (N-methyl/N-ethyl adjacent to an activating group) is 1. The molecular weight excluding hydrogens is 625 g/mol. The first-order valence-electron chi connectivity index (χ1n) is 16.6. The van der Waals surface area contributed by atoms with Crippen molar-refractivity contribution in [3.63, 3.8) is 0 Å². The van der Waals surface area contributed by atoms with E-state index >= 15 is 0 Å². The minimum atomic E-state index is -0.604. The maximum absolute atomic E-state index is 13.9. The summed E-state index contributed by atoms with van der Waals surface area (Å²) in [6.07, 6.45) is 3.69. The summed E-state index contributed by atoms with van der Waals surface area (Å²) in [6.45, 7) is 9.17. The van der Waals surface area contributed by atoms with Gasteiger partial charge in [0, 0.05) is 32.4 Å². The lowest BCUT2D eigenvalue weighted by Crippen LogP contribution is -2.43. The second kappa shape index (κ2) is 14.7. The molecule has 0 fully saturated rings. The maximum atomic E-state index is 13.9. The Morgan fingerprint density at radius 2 is 1.78 bits per heavy atom. The Kier molecular flexibility index (Phi) is 10.6. The van der Waals surface area contributed by atoms with Crippen molar-refractivity contribution >= 4 is 28.6 Å². The maximum Gasteiger partial charge on any atom is 0.407 e. The first kappa shape index (κ1) is 35.4. The van der Waals surface area contributed by atoms with Crippen LogP contribution in [0.15, 0.2) is 59.5 Å². The Morgan fingerprint density at radius 1 is 1.04 bits per heavy atom. The molecule has 1 aromatic heterocycles. The summed E-state index contributed by atoms with van der Waals surface area (Å²) < 4.78 is 23.6. The van der Waals surface area contributed by atoms with Crippen molar-refractivity contribution in [3.05, 3.63) is 81.6 Å². The topological polar surface area (TPSA) is 114 Å². The van der Waals surface area contributed by atoms with Crippen LogP contribution in [0.1, 0.15) is 62.0 Å². The molecule has 2 aliphatic rings. The van der Waals surface area contributed by atoms with Crippen LogP contribution in [0.25, 0.3) is 27.7 Å². The standard InChI is InChI=1S/C37H43N5O5.CH3F/c1-22(40-36(45)47-37(2,3)4)20-41(6)29-14-13-26-32-34(29)46-31-18-24-17-23-11-7-8-12-25(23)27(24)19-30(31)42(32)21-28(33(26)43)35(44)39-16-10-9-15-38-5;1-2/h7-8,11-14,18-19,21-22,38H,9-10,15-17,20H2,1-6H3,(H,39,44)(H,40,45);1H3. The van der Waals surface area contributed by atoms with Gasteiger partial charge in [-0.25, -0.2) is 4.79 Å². The fourth-order valence-corrected chi connectivity index (χ4v) is 6.45. The number of alkyl carbamates (subject to hydrolysis) is 1. The number of hydrogen-bond acceptors (Lipinski definition) is 7. The second-order valence-corrected chi connectivity index (χ2v) is 13.5. The molecule has 1 unspecified atom stereocenters. The molecule has 0 radical (unpaired) electrons. The summed E-state index contributed by atoms with van der Waals surface area (Å²) in [5.41, 5.74) is 5.94. The number of ether oxygens (including phenoxy) is 2. The van der Waals surface area contributed by atoms with Crippen molar-refractivity contribution in [1.82, 2.24) is 20.5 Å². The molecule has 4 aromatic rings. The van der Waals surface area contributed by atoms with E-state index in [1.165, 1.54) is 11.1 Å². The summed E-state index contributed by atoms with van der Waals surface area (Å²) in [5.74, 6) is 0.774. The fourth-order valence-electron chi connectivity index (χ4n) is 6.45. The highest BCUT2D eigenvalue weighted by Crippen LogP contribution is 2.48. The molecule has 11 heteroatoms. The third-order valence-electron chi connectivity index (χ3n) is 8.55. The van der Waals surface area contributed by atoms with Gasteiger partial charge in [-0.1, -0.05) is 24.3 Å². The number of halogens is 1. The fraction of sp³-hybridized carbons (Fsp3) is 0.395. The Balaban J connectivity index is 0.00000230. The van der Waals surface area contributed by atoms with Crippen LogP contribution in [0.4, 0.5) is 14.9 Å². The van der Waals surface area contributed by atoms with Gasteiger partial charge in [0.15, 0.2) is 11.5 Å². The number of rotatable bonds is 10. The molecule has 260 valence electrons. The Morgan fingerprint density at radius 3 is 2.51 bits per heavy atom.